The largest absolute Gasteiger partial charge is 0.312 e. The SMILES string of the molecule is CCC1CCC(NC(C)C)C1C. The normalized spacial score (nSPS) is 36.2. The Kier molecular flexibility index (Phi) is 3.57. The van der Waals surface area contributed by atoms with Crippen molar-refractivity contribution < 1.29 is 0 Å². The van der Waals surface area contributed by atoms with Crippen LogP contribution in [0.15, 0.2) is 0 Å². The van der Waals surface area contributed by atoms with Crippen molar-refractivity contribution in [3.63, 3.8) is 0 Å². The van der Waals surface area contributed by atoms with Gasteiger partial charge in [-0.25, -0.2) is 0 Å². The van der Waals surface area contributed by atoms with Crippen molar-refractivity contribution in [3.8, 4) is 0 Å². The average molecular weight is 169 g/mol. The van der Waals surface area contributed by atoms with Gasteiger partial charge in [0.2, 0.25) is 0 Å². The van der Waals surface area contributed by atoms with Gasteiger partial charge in [0, 0.05) is 12.1 Å². The van der Waals surface area contributed by atoms with Crippen molar-refractivity contribution >= 4 is 0 Å². The highest BCUT2D eigenvalue weighted by Gasteiger charge is 2.31. The Bertz CT molecular complexity index is 131. The summed E-state index contributed by atoms with van der Waals surface area (Å²) in [5.41, 5.74) is 0. The van der Waals surface area contributed by atoms with Gasteiger partial charge in [-0.3, -0.25) is 0 Å². The Balaban J connectivity index is 2.38. The Morgan fingerprint density at radius 3 is 2.42 bits per heavy atom. The first-order valence-corrected chi connectivity index (χ1v) is 5.41. The van der Waals surface area contributed by atoms with Gasteiger partial charge >= 0.3 is 0 Å². The average Bonchev–Trinajstić information content (AvgIpc) is 2.32. The monoisotopic (exact) mass is 169 g/mol. The predicted molar refractivity (Wildman–Crippen MR) is 54.2 cm³/mol. The molecular formula is C11H23N. The molecule has 0 aromatic heterocycles. The van der Waals surface area contributed by atoms with E-state index in [0.29, 0.717) is 6.04 Å². The van der Waals surface area contributed by atoms with Crippen LogP contribution in [-0.4, -0.2) is 12.1 Å². The van der Waals surface area contributed by atoms with E-state index in [-0.39, 0.29) is 0 Å². The molecule has 1 aliphatic carbocycles. The molecule has 1 fully saturated rings. The van der Waals surface area contributed by atoms with Gasteiger partial charge in [0.1, 0.15) is 0 Å². The first-order valence-electron chi connectivity index (χ1n) is 5.41. The maximum atomic E-state index is 3.66. The molecule has 0 amide bonds. The van der Waals surface area contributed by atoms with E-state index < -0.39 is 0 Å². The first kappa shape index (κ1) is 10.0. The summed E-state index contributed by atoms with van der Waals surface area (Å²) in [5, 5.41) is 3.66. The maximum Gasteiger partial charge on any atom is 0.00977 e. The third-order valence-electron chi connectivity index (χ3n) is 3.30. The van der Waals surface area contributed by atoms with E-state index in [1.54, 1.807) is 0 Å². The second-order valence-electron chi connectivity index (χ2n) is 4.53. The lowest BCUT2D eigenvalue weighted by molar-refractivity contribution is 0.331. The van der Waals surface area contributed by atoms with E-state index in [9.17, 15) is 0 Å². The molecule has 12 heavy (non-hydrogen) atoms. The van der Waals surface area contributed by atoms with Crippen molar-refractivity contribution in [2.45, 2.75) is 59.0 Å². The highest BCUT2D eigenvalue weighted by atomic mass is 15.0. The van der Waals surface area contributed by atoms with Crippen LogP contribution in [0, 0.1) is 11.8 Å². The molecule has 1 heteroatoms. The molecule has 72 valence electrons. The van der Waals surface area contributed by atoms with Crippen LogP contribution < -0.4 is 5.32 Å². The molecule has 1 saturated carbocycles. The van der Waals surface area contributed by atoms with Gasteiger partial charge in [0.15, 0.2) is 0 Å². The van der Waals surface area contributed by atoms with Crippen molar-refractivity contribution in [2.24, 2.45) is 11.8 Å². The highest BCUT2D eigenvalue weighted by Crippen LogP contribution is 2.33. The molecule has 1 N–H and O–H groups in total. The zero-order valence-corrected chi connectivity index (χ0v) is 8.93. The third kappa shape index (κ3) is 2.22. The van der Waals surface area contributed by atoms with Gasteiger partial charge in [-0.2, -0.15) is 0 Å². The summed E-state index contributed by atoms with van der Waals surface area (Å²) >= 11 is 0. The van der Waals surface area contributed by atoms with Gasteiger partial charge < -0.3 is 5.32 Å². The van der Waals surface area contributed by atoms with Crippen LogP contribution in [0.25, 0.3) is 0 Å². The molecule has 0 aromatic rings. The molecule has 1 rings (SSSR count). The van der Waals surface area contributed by atoms with Crippen LogP contribution in [-0.2, 0) is 0 Å². The molecule has 1 nitrogen and oxygen atoms in total. The second kappa shape index (κ2) is 4.27. The van der Waals surface area contributed by atoms with E-state index in [1.807, 2.05) is 0 Å². The van der Waals surface area contributed by atoms with E-state index in [2.05, 4.69) is 33.0 Å². The van der Waals surface area contributed by atoms with Gasteiger partial charge in [0.25, 0.3) is 0 Å². The summed E-state index contributed by atoms with van der Waals surface area (Å²) in [6.07, 6.45) is 4.18. The summed E-state index contributed by atoms with van der Waals surface area (Å²) in [5.74, 6) is 1.86. The Hall–Kier alpha value is -0.0400. The van der Waals surface area contributed by atoms with Gasteiger partial charge in [-0.15, -0.1) is 0 Å². The lowest BCUT2D eigenvalue weighted by Gasteiger charge is -2.23. The lowest BCUT2D eigenvalue weighted by atomic mass is 9.93. The maximum absolute atomic E-state index is 3.66. The topological polar surface area (TPSA) is 12.0 Å². The van der Waals surface area contributed by atoms with Crippen molar-refractivity contribution in [1.82, 2.24) is 5.32 Å². The fraction of sp³-hybridized carbons (Fsp3) is 1.00. The Labute approximate surface area is 76.9 Å². The van der Waals surface area contributed by atoms with Crippen LogP contribution in [0.5, 0.6) is 0 Å². The second-order valence-corrected chi connectivity index (χ2v) is 4.53. The molecule has 0 saturated heterocycles. The molecule has 3 unspecified atom stereocenters. The molecule has 0 bridgehead atoms. The summed E-state index contributed by atoms with van der Waals surface area (Å²) in [4.78, 5) is 0. The lowest BCUT2D eigenvalue weighted by Crippen LogP contribution is -2.37. The minimum absolute atomic E-state index is 0.646. The van der Waals surface area contributed by atoms with E-state index in [4.69, 9.17) is 0 Å². The molecule has 3 atom stereocenters. The van der Waals surface area contributed by atoms with Crippen LogP contribution in [0.1, 0.15) is 47.0 Å². The summed E-state index contributed by atoms with van der Waals surface area (Å²) in [6, 6.07) is 1.43. The minimum Gasteiger partial charge on any atom is -0.312 e. The fourth-order valence-corrected chi connectivity index (χ4v) is 2.49. The molecule has 0 spiro atoms. The molecule has 0 aromatic carbocycles. The predicted octanol–water partition coefficient (Wildman–Crippen LogP) is 2.81. The van der Waals surface area contributed by atoms with Crippen molar-refractivity contribution in [3.05, 3.63) is 0 Å². The van der Waals surface area contributed by atoms with E-state index >= 15 is 0 Å². The van der Waals surface area contributed by atoms with Crippen LogP contribution in [0.4, 0.5) is 0 Å². The summed E-state index contributed by atoms with van der Waals surface area (Å²) in [6.45, 7) is 9.21. The van der Waals surface area contributed by atoms with E-state index in [1.165, 1.54) is 19.3 Å². The molecule has 0 heterocycles. The zero-order valence-electron chi connectivity index (χ0n) is 8.93. The zero-order chi connectivity index (χ0) is 9.14. The molecule has 0 radical (unpaired) electrons. The summed E-state index contributed by atoms with van der Waals surface area (Å²) in [7, 11) is 0. The number of hydrogen-bond donors (Lipinski definition) is 1. The minimum atomic E-state index is 0.646. The van der Waals surface area contributed by atoms with Crippen molar-refractivity contribution in [2.75, 3.05) is 0 Å². The van der Waals surface area contributed by atoms with Crippen LogP contribution in [0.2, 0.25) is 0 Å². The third-order valence-corrected chi connectivity index (χ3v) is 3.30. The first-order chi connectivity index (χ1) is 5.65. The van der Waals surface area contributed by atoms with Gasteiger partial charge in [-0.05, 0) is 24.7 Å². The van der Waals surface area contributed by atoms with Crippen LogP contribution >= 0.6 is 0 Å². The fourth-order valence-electron chi connectivity index (χ4n) is 2.49. The highest BCUT2D eigenvalue weighted by molar-refractivity contribution is 4.86. The molecule has 1 aliphatic rings. The van der Waals surface area contributed by atoms with E-state index in [0.717, 1.165) is 17.9 Å². The quantitative estimate of drug-likeness (QED) is 0.685. The Morgan fingerprint density at radius 1 is 1.33 bits per heavy atom. The number of rotatable bonds is 3. The molecular weight excluding hydrogens is 146 g/mol. The number of hydrogen-bond acceptors (Lipinski definition) is 1. The standard InChI is InChI=1S/C11H23N/c1-5-10-6-7-11(9(10)4)12-8(2)3/h8-12H,5-7H2,1-4H3. The van der Waals surface area contributed by atoms with Gasteiger partial charge in [0.05, 0.1) is 0 Å². The number of nitrogens with one attached hydrogen (secondary N) is 1. The van der Waals surface area contributed by atoms with Crippen LogP contribution in [0.3, 0.4) is 0 Å². The Morgan fingerprint density at radius 2 is 2.00 bits per heavy atom. The van der Waals surface area contributed by atoms with Crippen molar-refractivity contribution in [1.29, 1.82) is 0 Å². The summed E-state index contributed by atoms with van der Waals surface area (Å²) < 4.78 is 0. The smallest absolute Gasteiger partial charge is 0.00977 e. The van der Waals surface area contributed by atoms with Gasteiger partial charge in [-0.1, -0.05) is 34.1 Å². The molecule has 0 aliphatic heterocycles.